The van der Waals surface area contributed by atoms with Crippen molar-refractivity contribution in [2.75, 3.05) is 5.01 Å². The molecule has 1 unspecified atom stereocenters. The van der Waals surface area contributed by atoms with E-state index in [1.807, 2.05) is 0 Å². The van der Waals surface area contributed by atoms with Crippen molar-refractivity contribution in [1.29, 1.82) is 0 Å². The molecule has 2 nitrogen and oxygen atoms in total. The van der Waals surface area contributed by atoms with E-state index >= 15 is 0 Å². The Kier molecular flexibility index (Phi) is 6.50. The number of benzene rings is 3. The summed E-state index contributed by atoms with van der Waals surface area (Å²) in [6.07, 6.45) is 0.911. The largest absolute Gasteiger partial charge is 0.257 e. The molecular formula is C30H36N2. The minimum absolute atomic E-state index is 0.209. The zero-order chi connectivity index (χ0) is 22.8. The van der Waals surface area contributed by atoms with E-state index in [0.29, 0.717) is 17.8 Å². The highest BCUT2D eigenvalue weighted by Gasteiger charge is 2.30. The van der Waals surface area contributed by atoms with Crippen LogP contribution < -0.4 is 5.01 Å². The van der Waals surface area contributed by atoms with Crippen molar-refractivity contribution >= 4 is 11.4 Å². The van der Waals surface area contributed by atoms with Gasteiger partial charge in [-0.05, 0) is 57.7 Å². The van der Waals surface area contributed by atoms with Gasteiger partial charge in [0, 0.05) is 6.42 Å². The third-order valence-electron chi connectivity index (χ3n) is 6.63. The van der Waals surface area contributed by atoms with E-state index < -0.39 is 0 Å². The molecule has 0 fully saturated rings. The van der Waals surface area contributed by atoms with Crippen LogP contribution in [0.3, 0.4) is 0 Å². The molecular weight excluding hydrogens is 388 g/mol. The monoisotopic (exact) mass is 424 g/mol. The van der Waals surface area contributed by atoms with E-state index in [1.54, 1.807) is 0 Å². The first-order valence-electron chi connectivity index (χ1n) is 12.0. The van der Waals surface area contributed by atoms with Gasteiger partial charge in [-0.2, -0.15) is 5.10 Å². The first-order chi connectivity index (χ1) is 15.3. The molecule has 3 aromatic carbocycles. The summed E-state index contributed by atoms with van der Waals surface area (Å²) in [4.78, 5) is 0. The van der Waals surface area contributed by atoms with Crippen LogP contribution in [0.15, 0.2) is 77.9 Å². The molecule has 0 spiro atoms. The lowest BCUT2D eigenvalue weighted by Crippen LogP contribution is -2.18. The molecule has 2 heteroatoms. The summed E-state index contributed by atoms with van der Waals surface area (Å²) >= 11 is 0. The van der Waals surface area contributed by atoms with Crippen molar-refractivity contribution in [2.24, 2.45) is 5.10 Å². The van der Waals surface area contributed by atoms with Crippen molar-refractivity contribution < 1.29 is 0 Å². The van der Waals surface area contributed by atoms with Gasteiger partial charge in [-0.25, -0.2) is 0 Å². The molecule has 32 heavy (non-hydrogen) atoms. The second-order valence-corrected chi connectivity index (χ2v) is 9.96. The van der Waals surface area contributed by atoms with Crippen molar-refractivity contribution in [3.05, 3.63) is 101 Å². The van der Waals surface area contributed by atoms with Gasteiger partial charge in [0.2, 0.25) is 0 Å². The first-order valence-corrected chi connectivity index (χ1v) is 12.0. The number of rotatable bonds is 6. The predicted octanol–water partition coefficient (Wildman–Crippen LogP) is 8.41. The second-order valence-electron chi connectivity index (χ2n) is 9.96. The number of hydrogen-bond acceptors (Lipinski definition) is 2. The molecule has 3 aromatic rings. The SMILES string of the molecule is CC(C)c1ccc(C2=NN(c3ccc(C(C)C)cc3)C(c3ccc(C(C)C)cc3)C2)cc1. The van der Waals surface area contributed by atoms with Crippen LogP contribution in [0.25, 0.3) is 0 Å². The summed E-state index contributed by atoms with van der Waals surface area (Å²) in [5, 5.41) is 7.37. The fourth-order valence-electron chi connectivity index (χ4n) is 4.36. The predicted molar refractivity (Wildman–Crippen MR) is 138 cm³/mol. The fourth-order valence-corrected chi connectivity index (χ4v) is 4.36. The molecule has 0 saturated heterocycles. The first kappa shape index (κ1) is 22.3. The Morgan fingerprint density at radius 2 is 1.06 bits per heavy atom. The standard InChI is InChI=1S/C30H36N2/c1-20(2)23-7-11-26(12-8-23)29-19-30(27-13-9-24(10-14-27)21(3)4)32(31-29)28-17-15-25(16-18-28)22(5)6/h7-18,20-22,30H,19H2,1-6H3. The normalized spacial score (nSPS) is 16.3. The van der Waals surface area contributed by atoms with Crippen LogP contribution in [0.5, 0.6) is 0 Å². The Balaban J connectivity index is 1.69. The summed E-state index contributed by atoms with van der Waals surface area (Å²) in [5.41, 5.74) is 8.96. The Morgan fingerprint density at radius 3 is 1.53 bits per heavy atom. The number of hydrazone groups is 1. The lowest BCUT2D eigenvalue weighted by atomic mass is 9.94. The summed E-state index contributed by atoms with van der Waals surface area (Å²) in [7, 11) is 0. The Bertz CT molecular complexity index is 1060. The Morgan fingerprint density at radius 1 is 0.625 bits per heavy atom. The van der Waals surface area contributed by atoms with Crippen LogP contribution in [0.2, 0.25) is 0 Å². The minimum atomic E-state index is 0.209. The van der Waals surface area contributed by atoms with Gasteiger partial charge < -0.3 is 0 Å². The van der Waals surface area contributed by atoms with Gasteiger partial charge in [0.05, 0.1) is 17.4 Å². The topological polar surface area (TPSA) is 15.6 Å². The smallest absolute Gasteiger partial charge is 0.0831 e. The highest BCUT2D eigenvalue weighted by atomic mass is 15.5. The zero-order valence-corrected chi connectivity index (χ0v) is 20.3. The molecule has 1 heterocycles. The van der Waals surface area contributed by atoms with Gasteiger partial charge in [-0.1, -0.05) is 102 Å². The molecule has 1 atom stereocenters. The van der Waals surface area contributed by atoms with Gasteiger partial charge in [0.1, 0.15) is 0 Å². The van der Waals surface area contributed by atoms with Gasteiger partial charge in [0.15, 0.2) is 0 Å². The Labute approximate surface area is 194 Å². The molecule has 4 rings (SSSR count). The van der Waals surface area contributed by atoms with Gasteiger partial charge in [-0.15, -0.1) is 0 Å². The summed E-state index contributed by atoms with van der Waals surface area (Å²) in [5.74, 6) is 1.61. The lowest BCUT2D eigenvalue weighted by Gasteiger charge is -2.25. The average molecular weight is 425 g/mol. The summed E-state index contributed by atoms with van der Waals surface area (Å²) in [6.45, 7) is 13.4. The lowest BCUT2D eigenvalue weighted by molar-refractivity contribution is 0.707. The van der Waals surface area contributed by atoms with Crippen LogP contribution >= 0.6 is 0 Å². The van der Waals surface area contributed by atoms with E-state index in [4.69, 9.17) is 5.10 Å². The maximum atomic E-state index is 5.14. The third kappa shape index (κ3) is 4.65. The van der Waals surface area contributed by atoms with Crippen LogP contribution in [-0.2, 0) is 0 Å². The average Bonchev–Trinajstić information content (AvgIpc) is 3.24. The molecule has 0 bridgehead atoms. The molecule has 1 aliphatic heterocycles. The van der Waals surface area contributed by atoms with Gasteiger partial charge in [-0.3, -0.25) is 5.01 Å². The van der Waals surface area contributed by atoms with Crippen molar-refractivity contribution in [3.63, 3.8) is 0 Å². The molecule has 0 aliphatic carbocycles. The van der Waals surface area contributed by atoms with Crippen LogP contribution in [-0.4, -0.2) is 5.71 Å². The van der Waals surface area contributed by atoms with Crippen LogP contribution in [0, 0.1) is 0 Å². The van der Waals surface area contributed by atoms with Gasteiger partial charge in [0.25, 0.3) is 0 Å². The maximum absolute atomic E-state index is 5.14. The van der Waals surface area contributed by atoms with Gasteiger partial charge >= 0.3 is 0 Å². The highest BCUT2D eigenvalue weighted by Crippen LogP contribution is 2.37. The maximum Gasteiger partial charge on any atom is 0.0831 e. The van der Waals surface area contributed by atoms with Crippen LogP contribution in [0.1, 0.15) is 99.6 Å². The number of hydrogen-bond donors (Lipinski definition) is 0. The van der Waals surface area contributed by atoms with E-state index in [9.17, 15) is 0 Å². The summed E-state index contributed by atoms with van der Waals surface area (Å²) in [6, 6.07) is 27.2. The Hall–Kier alpha value is -2.87. The van der Waals surface area contributed by atoms with Crippen molar-refractivity contribution in [3.8, 4) is 0 Å². The number of anilines is 1. The highest BCUT2D eigenvalue weighted by molar-refractivity contribution is 6.03. The second kappa shape index (κ2) is 9.32. The van der Waals surface area contributed by atoms with Crippen molar-refractivity contribution in [1.82, 2.24) is 0 Å². The zero-order valence-electron chi connectivity index (χ0n) is 20.3. The van der Waals surface area contributed by atoms with E-state index in [2.05, 4.69) is 119 Å². The summed E-state index contributed by atoms with van der Waals surface area (Å²) < 4.78 is 0. The minimum Gasteiger partial charge on any atom is -0.257 e. The van der Waals surface area contributed by atoms with E-state index in [0.717, 1.165) is 17.8 Å². The molecule has 0 radical (unpaired) electrons. The molecule has 0 N–H and O–H groups in total. The quantitative estimate of drug-likeness (QED) is 0.388. The fraction of sp³-hybridized carbons (Fsp3) is 0.367. The molecule has 1 aliphatic rings. The van der Waals surface area contributed by atoms with Crippen molar-refractivity contribution in [2.45, 2.75) is 71.8 Å². The van der Waals surface area contributed by atoms with E-state index in [1.165, 1.54) is 27.8 Å². The molecule has 0 aromatic heterocycles. The van der Waals surface area contributed by atoms with Crippen LogP contribution in [0.4, 0.5) is 5.69 Å². The molecule has 0 saturated carbocycles. The molecule has 0 amide bonds. The third-order valence-corrected chi connectivity index (χ3v) is 6.63. The number of nitrogens with zero attached hydrogens (tertiary/aromatic N) is 2. The molecule has 166 valence electrons. The van der Waals surface area contributed by atoms with E-state index in [-0.39, 0.29) is 6.04 Å².